The predicted octanol–water partition coefficient (Wildman–Crippen LogP) is -7.85. The number of carbonyl (C=O) groups excluding carboxylic acids is 6. The van der Waals surface area contributed by atoms with E-state index in [9.17, 15) is 98.6 Å². The lowest BCUT2D eigenvalue weighted by Crippen LogP contribution is -2.67. The van der Waals surface area contributed by atoms with Crippen LogP contribution in [0.15, 0.2) is 0 Å². The van der Waals surface area contributed by atoms with Gasteiger partial charge in [-0.25, -0.2) is 18.9 Å². The van der Waals surface area contributed by atoms with Crippen molar-refractivity contribution >= 4 is 61.7 Å². The van der Waals surface area contributed by atoms with Gasteiger partial charge in [-0.3, -0.25) is 33.0 Å². The van der Waals surface area contributed by atoms with Crippen LogP contribution in [0.3, 0.4) is 0 Å². The van der Waals surface area contributed by atoms with E-state index in [2.05, 4.69) is 26.0 Å². The minimum Gasteiger partial charge on any atom is -0.477 e. The number of ether oxygens (including phenoxy) is 5. The molecule has 17 N–H and O–H groups in total. The van der Waals surface area contributed by atoms with E-state index in [1.54, 1.807) is 6.92 Å². The number of amides is 3. The summed E-state index contributed by atoms with van der Waals surface area (Å²) >= 11 is 0. The van der Waals surface area contributed by atoms with Gasteiger partial charge in [-0.15, -0.1) is 0 Å². The Balaban J connectivity index is 0.000000621. The maximum absolute atomic E-state index is 12.1. The van der Waals surface area contributed by atoms with E-state index in [1.165, 1.54) is 20.8 Å². The summed E-state index contributed by atoms with van der Waals surface area (Å²) in [5.74, 6) is -16.1. The molecular weight excluding hydrogens is 1050 g/mol. The maximum atomic E-state index is 12.1. The number of esters is 2. The largest absolute Gasteiger partial charge is 0.477 e. The molecule has 3 aliphatic heterocycles. The molecule has 75 heavy (non-hydrogen) atoms. The Kier molecular flexibility index (Phi) is 27.8. The fourth-order valence-electron chi connectivity index (χ4n) is 6.90. The third-order valence-electron chi connectivity index (χ3n) is 10.6. The summed E-state index contributed by atoms with van der Waals surface area (Å²) in [6.45, 7) is 4.06. The molecule has 16 unspecified atom stereocenters. The molecule has 3 rings (SSSR count). The van der Waals surface area contributed by atoms with Gasteiger partial charge in [0.2, 0.25) is 17.7 Å². The third kappa shape index (κ3) is 21.9. The van der Waals surface area contributed by atoms with Crippen LogP contribution in [0, 0.1) is 0 Å². The predicted molar refractivity (Wildman–Crippen MR) is 238 cm³/mol. The second kappa shape index (κ2) is 30.7. The van der Waals surface area contributed by atoms with Gasteiger partial charge in [-0.2, -0.15) is 0 Å². The number of aliphatic hydroxyl groups excluding tert-OH is 6. The number of phosphoric ester groups is 1. The highest BCUT2D eigenvalue weighted by atomic mass is 31.2. The number of aliphatic carboxylic acids is 3. The summed E-state index contributed by atoms with van der Waals surface area (Å²) in [7, 11) is -4.62. The number of carboxylic acids is 3. The number of carboxylic acid groups (broad SMARTS) is 3. The third-order valence-corrected chi connectivity index (χ3v) is 11.6. The van der Waals surface area contributed by atoms with Gasteiger partial charge in [-0.1, -0.05) is 13.8 Å². The number of rotatable bonds is 24. The van der Waals surface area contributed by atoms with Gasteiger partial charge in [0, 0.05) is 66.0 Å². The quantitative estimate of drug-likeness (QED) is 0.0185. The molecule has 3 heterocycles. The number of hydrogen-bond donors (Lipinski definition) is 17. The van der Waals surface area contributed by atoms with Gasteiger partial charge < -0.3 is 116 Å². The average Bonchev–Trinajstić information content (AvgIpc) is 3.31. The Labute approximate surface area is 425 Å². The van der Waals surface area contributed by atoms with Crippen molar-refractivity contribution in [2.75, 3.05) is 39.5 Å². The molecule has 432 valence electrons. The smallest absolute Gasteiger partial charge is 0.472 e. The monoisotopic (exact) mass is 1110 g/mol. The highest BCUT2D eigenvalue weighted by Crippen LogP contribution is 2.43. The maximum Gasteiger partial charge on any atom is 0.472 e. The molecule has 16 atom stereocenters. The fraction of sp³-hybridized carbons (Fsp3) is 0.775. The highest BCUT2D eigenvalue weighted by molar-refractivity contribution is 7.47. The van der Waals surface area contributed by atoms with Crippen molar-refractivity contribution in [3.05, 3.63) is 0 Å². The molecular formula is C40H67N4O30P. The minimum atomic E-state index is -4.62. The van der Waals surface area contributed by atoms with Crippen molar-refractivity contribution in [2.24, 2.45) is 0 Å². The van der Waals surface area contributed by atoms with Crippen molar-refractivity contribution in [1.29, 1.82) is 0 Å². The summed E-state index contributed by atoms with van der Waals surface area (Å²) in [6, 6.07) is -3.38. The SMILES string of the molecule is CC(=O)NC1C(O)CC(O)(C(=O)O)OC1C(O)C(O)CO.CC(=O)NC1C(O)CC(O)(C(=O)O)OC1C=O.CCC(=O)OCC(COP(=O)(O)OCCNCC1OC(O)(C(=O)O)CC(O)C1NC(C)=O)OC(=O)CC. The van der Waals surface area contributed by atoms with Crippen molar-refractivity contribution in [3.8, 4) is 0 Å². The van der Waals surface area contributed by atoms with Crippen LogP contribution in [0.4, 0.5) is 0 Å². The number of aliphatic hydroxyl groups is 9. The summed E-state index contributed by atoms with van der Waals surface area (Å²) in [5.41, 5.74) is 0. The van der Waals surface area contributed by atoms with Crippen molar-refractivity contribution < 1.29 is 147 Å². The van der Waals surface area contributed by atoms with Gasteiger partial charge in [0.1, 0.15) is 31.0 Å². The second-order valence-electron chi connectivity index (χ2n) is 16.8. The topological polar surface area (TPSA) is 546 Å². The molecule has 0 radical (unpaired) electrons. The van der Waals surface area contributed by atoms with Crippen molar-refractivity contribution in [3.63, 3.8) is 0 Å². The zero-order chi connectivity index (χ0) is 57.8. The Hall–Kier alpha value is -4.98. The zero-order valence-electron chi connectivity index (χ0n) is 41.0. The first kappa shape index (κ1) is 68.0. The van der Waals surface area contributed by atoms with Gasteiger partial charge in [0.25, 0.3) is 17.4 Å². The van der Waals surface area contributed by atoms with Gasteiger partial charge in [0.15, 0.2) is 12.4 Å². The Morgan fingerprint density at radius 2 is 1.15 bits per heavy atom. The van der Waals surface area contributed by atoms with Crippen LogP contribution in [0.25, 0.3) is 0 Å². The van der Waals surface area contributed by atoms with Crippen LogP contribution in [-0.4, -0.2) is 250 Å². The van der Waals surface area contributed by atoms with Crippen LogP contribution in [0.5, 0.6) is 0 Å². The van der Waals surface area contributed by atoms with E-state index in [0.717, 1.165) is 6.92 Å². The van der Waals surface area contributed by atoms with E-state index < -0.39 is 178 Å². The van der Waals surface area contributed by atoms with E-state index in [0.29, 0.717) is 0 Å². The first-order valence-corrected chi connectivity index (χ1v) is 24.0. The molecule has 3 saturated heterocycles. The van der Waals surface area contributed by atoms with E-state index in [-0.39, 0.29) is 45.4 Å². The first-order chi connectivity index (χ1) is 34.6. The fourth-order valence-corrected chi connectivity index (χ4v) is 7.65. The van der Waals surface area contributed by atoms with Crippen molar-refractivity contribution in [2.45, 2.75) is 157 Å². The molecule has 0 spiro atoms. The van der Waals surface area contributed by atoms with Gasteiger partial charge >= 0.3 is 37.7 Å². The minimum absolute atomic E-state index is 0.0194. The molecule has 3 fully saturated rings. The summed E-state index contributed by atoms with van der Waals surface area (Å²) in [4.78, 5) is 110. The molecule has 0 aliphatic carbocycles. The number of phosphoric acid groups is 1. The van der Waals surface area contributed by atoms with Crippen LogP contribution in [0.1, 0.15) is 66.7 Å². The van der Waals surface area contributed by atoms with Crippen LogP contribution in [0.2, 0.25) is 0 Å². The van der Waals surface area contributed by atoms with Gasteiger partial charge in [0.05, 0.1) is 62.4 Å². The Bertz CT molecular complexity index is 2000. The molecule has 3 amide bonds. The van der Waals surface area contributed by atoms with E-state index in [1.807, 2.05) is 0 Å². The first-order valence-electron chi connectivity index (χ1n) is 22.5. The molecule has 0 aromatic carbocycles. The molecule has 34 nitrogen and oxygen atoms in total. The molecule has 3 aliphatic rings. The number of nitrogens with one attached hydrogen (secondary N) is 4. The Morgan fingerprint density at radius 3 is 1.61 bits per heavy atom. The molecule has 0 saturated carbocycles. The van der Waals surface area contributed by atoms with E-state index >= 15 is 0 Å². The van der Waals surface area contributed by atoms with Crippen LogP contribution < -0.4 is 21.3 Å². The molecule has 0 bridgehead atoms. The lowest BCUT2D eigenvalue weighted by Gasteiger charge is -2.44. The molecule has 0 aromatic heterocycles. The van der Waals surface area contributed by atoms with Crippen LogP contribution in [-0.2, 0) is 80.4 Å². The highest BCUT2D eigenvalue weighted by Gasteiger charge is 2.55. The lowest BCUT2D eigenvalue weighted by atomic mass is 9.88. The zero-order valence-corrected chi connectivity index (χ0v) is 41.9. The number of hydrogen-bond acceptors (Lipinski definition) is 27. The van der Waals surface area contributed by atoms with Crippen molar-refractivity contribution in [1.82, 2.24) is 21.3 Å². The lowest BCUT2D eigenvalue weighted by molar-refractivity contribution is -0.295. The Morgan fingerprint density at radius 1 is 0.693 bits per heavy atom. The number of carbonyl (C=O) groups is 9. The standard InChI is InChI=1S/C20H35N2O14P.C11H19NO9.C9H13NO7/c1-4-16(25)32-10-13(35-17(26)5-2)11-34-37(30,31)33-7-6-21-9-15-18(22-12(3)23)14(24)8-20(29,36-15)19(27)28;1-4(14)12-7-5(15)2-11(20,10(18)19)21-9(7)8(17)6(16)3-13;1-4(12)10-7-5(13)2-9(16,8(14)15)17-6(7)3-11/h13-15,18,21,24,29H,4-11H2,1-3H3,(H,22,23)(H,27,28)(H,30,31);5-9,13,15-17,20H,2-3H2,1H3,(H,12,14)(H,18,19);3,5-7,13,16H,2H2,1H3,(H,10,12)(H,14,15). The van der Waals surface area contributed by atoms with Gasteiger partial charge in [-0.05, 0) is 0 Å². The average molecular weight is 1110 g/mol. The molecule has 0 aromatic rings. The summed E-state index contributed by atoms with van der Waals surface area (Å²) in [6.07, 6.45) is -15.1. The molecule has 35 heteroatoms. The van der Waals surface area contributed by atoms with E-state index in [4.69, 9.17) is 43.3 Å². The summed E-state index contributed by atoms with van der Waals surface area (Å²) in [5, 5.41) is 124. The number of aldehydes is 1. The normalized spacial score (nSPS) is 31.3. The summed E-state index contributed by atoms with van der Waals surface area (Å²) < 4.78 is 46.4. The second-order valence-corrected chi connectivity index (χ2v) is 18.2. The van der Waals surface area contributed by atoms with Crippen LogP contribution >= 0.6 is 7.82 Å².